The highest BCUT2D eigenvalue weighted by atomic mass is 16.6. The Morgan fingerprint density at radius 1 is 0.955 bits per heavy atom. The van der Waals surface area contributed by atoms with Gasteiger partial charge in [-0.15, -0.1) is 0 Å². The minimum atomic E-state index is -1.39. The van der Waals surface area contributed by atoms with Gasteiger partial charge in [-0.2, -0.15) is 0 Å². The summed E-state index contributed by atoms with van der Waals surface area (Å²) in [6, 6.07) is 9.12. The fourth-order valence-corrected chi connectivity index (χ4v) is 7.60. The van der Waals surface area contributed by atoms with E-state index < -0.39 is 71.8 Å². The number of ether oxygens (including phenoxy) is 4. The third-order valence-corrected chi connectivity index (χ3v) is 9.84. The quantitative estimate of drug-likeness (QED) is 0.266. The maximum atomic E-state index is 13.2. The summed E-state index contributed by atoms with van der Waals surface area (Å²) in [5.41, 5.74) is 1.44. The standard InChI is InChI=1S/C34H44O10/c1-17-24-14-25-18(2)26(38)16-29(41-20(4)35)34(25,7)32(43-22(6)37)31(42-21(5)36)30(17)19(3)28(15-24)44-33(40)27(39)13-23-11-9-8-10-12-23/h8-12,17,24-29,31-32,38-39H,2,13-16H2,1,3-7H3/t17-,24-,25-,26+,27+,28+,29+,31-,32+,34+/m1/s1. The van der Waals surface area contributed by atoms with E-state index in [1.807, 2.05) is 44.2 Å². The number of fused-ring (bicyclic) bond motifs is 3. The number of hydrogen-bond donors (Lipinski definition) is 2. The number of aliphatic hydroxyl groups excluding tert-OH is 2. The summed E-state index contributed by atoms with van der Waals surface area (Å²) in [6.45, 7) is 13.6. The number of hydrogen-bond acceptors (Lipinski definition) is 10. The molecule has 0 amide bonds. The Kier molecular flexibility index (Phi) is 10.0. The number of aliphatic hydroxyl groups is 2. The molecule has 0 radical (unpaired) electrons. The first-order valence-corrected chi connectivity index (χ1v) is 15.2. The molecule has 10 nitrogen and oxygen atoms in total. The van der Waals surface area contributed by atoms with E-state index in [1.54, 1.807) is 6.92 Å². The molecule has 0 heterocycles. The summed E-state index contributed by atoms with van der Waals surface area (Å²) in [5.74, 6) is -3.47. The van der Waals surface area contributed by atoms with E-state index >= 15 is 0 Å². The maximum Gasteiger partial charge on any atom is 0.335 e. The molecule has 2 fully saturated rings. The highest BCUT2D eigenvalue weighted by Gasteiger charge is 2.62. The van der Waals surface area contributed by atoms with E-state index in [4.69, 9.17) is 18.9 Å². The van der Waals surface area contributed by atoms with Crippen molar-refractivity contribution >= 4 is 23.9 Å². The molecule has 2 saturated carbocycles. The van der Waals surface area contributed by atoms with E-state index in [9.17, 15) is 29.4 Å². The van der Waals surface area contributed by atoms with Crippen LogP contribution in [0.2, 0.25) is 0 Å². The van der Waals surface area contributed by atoms with Crippen LogP contribution in [0.1, 0.15) is 66.4 Å². The molecule has 3 aliphatic rings. The third-order valence-electron chi connectivity index (χ3n) is 9.84. The van der Waals surface area contributed by atoms with Gasteiger partial charge >= 0.3 is 23.9 Å². The van der Waals surface area contributed by atoms with Crippen molar-refractivity contribution in [2.45, 2.75) is 104 Å². The number of carbonyl (C=O) groups excluding carboxylic acids is 4. The zero-order chi connectivity index (χ0) is 32.5. The lowest BCUT2D eigenvalue weighted by Gasteiger charge is -2.57. The van der Waals surface area contributed by atoms with Crippen LogP contribution in [0.3, 0.4) is 0 Å². The second kappa shape index (κ2) is 13.2. The Labute approximate surface area is 258 Å². The van der Waals surface area contributed by atoms with Gasteiger partial charge in [0, 0.05) is 33.6 Å². The van der Waals surface area contributed by atoms with Crippen LogP contribution in [0.4, 0.5) is 0 Å². The highest BCUT2D eigenvalue weighted by Crippen LogP contribution is 2.57. The van der Waals surface area contributed by atoms with Gasteiger partial charge in [-0.05, 0) is 59.8 Å². The Morgan fingerprint density at radius 2 is 1.57 bits per heavy atom. The average molecular weight is 613 g/mol. The molecule has 2 bridgehead atoms. The Balaban J connectivity index is 1.82. The van der Waals surface area contributed by atoms with Crippen LogP contribution in [-0.2, 0) is 44.5 Å². The van der Waals surface area contributed by atoms with Gasteiger partial charge < -0.3 is 29.2 Å². The topological polar surface area (TPSA) is 146 Å². The fraction of sp³-hybridized carbons (Fsp3) is 0.588. The van der Waals surface area contributed by atoms with Gasteiger partial charge in [0.25, 0.3) is 0 Å². The Hall–Kier alpha value is -3.50. The van der Waals surface area contributed by atoms with Crippen molar-refractivity contribution in [1.29, 1.82) is 0 Å². The summed E-state index contributed by atoms with van der Waals surface area (Å²) >= 11 is 0. The lowest BCUT2D eigenvalue weighted by Crippen LogP contribution is -2.63. The number of carbonyl (C=O) groups is 4. The summed E-state index contributed by atoms with van der Waals surface area (Å²) in [6.07, 6.45) is -5.30. The van der Waals surface area contributed by atoms with Crippen molar-refractivity contribution < 1.29 is 48.3 Å². The Bertz CT molecular complexity index is 1320. The smallest absolute Gasteiger partial charge is 0.335 e. The fourth-order valence-electron chi connectivity index (χ4n) is 7.60. The van der Waals surface area contributed by atoms with Crippen LogP contribution >= 0.6 is 0 Å². The second-order valence-corrected chi connectivity index (χ2v) is 12.7. The van der Waals surface area contributed by atoms with E-state index in [0.717, 1.165) is 5.56 Å². The van der Waals surface area contributed by atoms with Gasteiger partial charge in [0.15, 0.2) is 18.3 Å². The van der Waals surface area contributed by atoms with Crippen molar-refractivity contribution in [3.63, 3.8) is 0 Å². The van der Waals surface area contributed by atoms with E-state index in [1.165, 1.54) is 20.8 Å². The molecule has 44 heavy (non-hydrogen) atoms. The number of benzene rings is 1. The van der Waals surface area contributed by atoms with Crippen molar-refractivity contribution in [2.75, 3.05) is 0 Å². The summed E-state index contributed by atoms with van der Waals surface area (Å²) < 4.78 is 23.7. The van der Waals surface area contributed by atoms with Gasteiger partial charge in [0.05, 0.1) is 11.5 Å². The summed E-state index contributed by atoms with van der Waals surface area (Å²) in [7, 11) is 0. The van der Waals surface area contributed by atoms with Crippen LogP contribution in [0.25, 0.3) is 0 Å². The minimum absolute atomic E-state index is 0.0355. The van der Waals surface area contributed by atoms with Gasteiger partial charge in [0.1, 0.15) is 12.2 Å². The van der Waals surface area contributed by atoms with Crippen molar-refractivity contribution in [1.82, 2.24) is 0 Å². The molecule has 10 heteroatoms. The molecule has 3 aliphatic carbocycles. The highest BCUT2D eigenvalue weighted by molar-refractivity contribution is 5.75. The van der Waals surface area contributed by atoms with E-state index in [-0.39, 0.29) is 24.7 Å². The third kappa shape index (κ3) is 6.61. The number of rotatable bonds is 7. The molecule has 0 spiro atoms. The maximum absolute atomic E-state index is 13.2. The molecule has 10 atom stereocenters. The SMILES string of the molecule is C=C1[C@H]2C[C@@H]3C[C@H](OC(=O)[C@@H](O)Cc4ccccc4)C(C)=C([C@@H](OC(C)=O)[C@H](OC(C)=O)[C@]2(C)[C@@H](OC(C)=O)C[C@@H]1O)[C@@H]3C. The molecule has 0 aromatic heterocycles. The lowest BCUT2D eigenvalue weighted by atomic mass is 9.52. The molecule has 1 aromatic rings. The first kappa shape index (κ1) is 33.4. The van der Waals surface area contributed by atoms with Crippen LogP contribution < -0.4 is 0 Å². The van der Waals surface area contributed by atoms with Crippen molar-refractivity contribution in [2.24, 2.45) is 23.2 Å². The zero-order valence-electron chi connectivity index (χ0n) is 26.3. The normalized spacial score (nSPS) is 34.0. The first-order chi connectivity index (χ1) is 20.6. The van der Waals surface area contributed by atoms with Crippen LogP contribution in [-0.4, -0.2) is 70.7 Å². The van der Waals surface area contributed by atoms with Crippen LogP contribution in [0.5, 0.6) is 0 Å². The molecule has 0 unspecified atom stereocenters. The molecular weight excluding hydrogens is 568 g/mol. The predicted molar refractivity (Wildman–Crippen MR) is 159 cm³/mol. The molecule has 0 aliphatic heterocycles. The molecular formula is C34H44O10. The van der Waals surface area contributed by atoms with Crippen LogP contribution in [0, 0.1) is 23.2 Å². The van der Waals surface area contributed by atoms with Crippen LogP contribution in [0.15, 0.2) is 53.6 Å². The zero-order valence-corrected chi connectivity index (χ0v) is 26.3. The number of esters is 4. The minimum Gasteiger partial charge on any atom is -0.462 e. The molecule has 1 aromatic carbocycles. The van der Waals surface area contributed by atoms with Crippen molar-refractivity contribution in [3.05, 3.63) is 59.2 Å². The molecule has 240 valence electrons. The summed E-state index contributed by atoms with van der Waals surface area (Å²) in [4.78, 5) is 50.7. The lowest BCUT2D eigenvalue weighted by molar-refractivity contribution is -0.208. The monoisotopic (exact) mass is 612 g/mol. The molecule has 2 N–H and O–H groups in total. The second-order valence-electron chi connectivity index (χ2n) is 12.7. The van der Waals surface area contributed by atoms with Gasteiger partial charge in [-0.1, -0.05) is 50.8 Å². The summed E-state index contributed by atoms with van der Waals surface area (Å²) in [5, 5.41) is 21.8. The average Bonchev–Trinajstić information content (AvgIpc) is 2.94. The molecule has 0 saturated heterocycles. The van der Waals surface area contributed by atoms with Gasteiger partial charge in [-0.25, -0.2) is 4.79 Å². The largest absolute Gasteiger partial charge is 0.462 e. The van der Waals surface area contributed by atoms with Crippen molar-refractivity contribution in [3.8, 4) is 0 Å². The first-order valence-electron chi connectivity index (χ1n) is 15.2. The molecule has 4 rings (SSSR count). The van der Waals surface area contributed by atoms with E-state index in [2.05, 4.69) is 6.58 Å². The van der Waals surface area contributed by atoms with Gasteiger partial charge in [-0.3, -0.25) is 14.4 Å². The predicted octanol–water partition coefficient (Wildman–Crippen LogP) is 3.62. The Morgan fingerprint density at radius 3 is 2.16 bits per heavy atom. The van der Waals surface area contributed by atoms with Gasteiger partial charge in [0.2, 0.25) is 0 Å². The van der Waals surface area contributed by atoms with E-state index in [0.29, 0.717) is 29.6 Å².